The van der Waals surface area contributed by atoms with Crippen molar-refractivity contribution in [3.8, 4) is 39.8 Å². The lowest BCUT2D eigenvalue weighted by atomic mass is 9.99. The van der Waals surface area contributed by atoms with E-state index in [2.05, 4.69) is 91.6 Å². The number of benzene rings is 3. The molecule has 1 unspecified atom stereocenters. The van der Waals surface area contributed by atoms with Crippen LogP contribution in [-0.2, 0) is 0 Å². The van der Waals surface area contributed by atoms with E-state index in [-0.39, 0.29) is 6.10 Å². The van der Waals surface area contributed by atoms with Crippen molar-refractivity contribution in [2.45, 2.75) is 71.3 Å². The molecule has 2 heteroatoms. The van der Waals surface area contributed by atoms with Gasteiger partial charge in [-0.3, -0.25) is 0 Å². The minimum Gasteiger partial charge on any atom is -0.494 e. The molecule has 0 aliphatic rings. The van der Waals surface area contributed by atoms with Crippen molar-refractivity contribution in [1.82, 2.24) is 0 Å². The van der Waals surface area contributed by atoms with Gasteiger partial charge in [-0.15, -0.1) is 0 Å². The van der Waals surface area contributed by atoms with Crippen LogP contribution in [-0.4, -0.2) is 17.8 Å². The predicted octanol–water partition coefficient (Wildman–Crippen LogP) is 8.27. The van der Waals surface area contributed by atoms with Crippen LogP contribution in [0.3, 0.4) is 0 Å². The topological polar surface area (TPSA) is 29.5 Å². The van der Waals surface area contributed by atoms with Gasteiger partial charge in [0.2, 0.25) is 0 Å². The van der Waals surface area contributed by atoms with E-state index in [0.717, 1.165) is 24.3 Å². The number of aliphatic hydroxyl groups is 1. The van der Waals surface area contributed by atoms with Crippen LogP contribution < -0.4 is 4.74 Å². The Balaban J connectivity index is 1.50. The lowest BCUT2D eigenvalue weighted by molar-refractivity contribution is 0.186. The molecular formula is C32H38O2. The normalized spacial score (nSPS) is 11.5. The molecule has 3 rings (SSSR count). The van der Waals surface area contributed by atoms with E-state index in [0.29, 0.717) is 12.8 Å². The molecule has 0 aliphatic heterocycles. The second kappa shape index (κ2) is 14.3. The van der Waals surface area contributed by atoms with Gasteiger partial charge in [-0.25, -0.2) is 0 Å². The summed E-state index contributed by atoms with van der Waals surface area (Å²) >= 11 is 0. The molecule has 0 heterocycles. The van der Waals surface area contributed by atoms with Crippen LogP contribution in [0.25, 0.3) is 22.3 Å². The molecule has 1 atom stereocenters. The van der Waals surface area contributed by atoms with Crippen LogP contribution in [0.1, 0.15) is 70.8 Å². The molecule has 0 bridgehead atoms. The smallest absolute Gasteiger partial charge is 0.119 e. The molecule has 0 saturated carbocycles. The summed E-state index contributed by atoms with van der Waals surface area (Å²) in [5.41, 5.74) is 5.77. The Hall–Kier alpha value is -3.02. The quantitative estimate of drug-likeness (QED) is 0.220. The minimum atomic E-state index is -0.291. The summed E-state index contributed by atoms with van der Waals surface area (Å²) in [6.45, 7) is 4.84. The van der Waals surface area contributed by atoms with Crippen molar-refractivity contribution in [3.05, 3.63) is 78.4 Å². The fourth-order valence-corrected chi connectivity index (χ4v) is 3.86. The van der Waals surface area contributed by atoms with E-state index in [9.17, 15) is 5.11 Å². The van der Waals surface area contributed by atoms with E-state index in [1.54, 1.807) is 6.92 Å². The van der Waals surface area contributed by atoms with Crippen LogP contribution in [0.2, 0.25) is 0 Å². The third-order valence-corrected chi connectivity index (χ3v) is 5.98. The maximum atomic E-state index is 9.31. The van der Waals surface area contributed by atoms with Crippen molar-refractivity contribution < 1.29 is 9.84 Å². The zero-order valence-corrected chi connectivity index (χ0v) is 20.7. The Morgan fingerprint density at radius 2 is 1.21 bits per heavy atom. The molecule has 34 heavy (non-hydrogen) atoms. The Kier molecular flexibility index (Phi) is 10.8. The SMILES string of the molecule is CCCCCCCCOc1ccc(-c2ccc(-c3ccc(C#CCCC(C)O)cc3)cc2)cc1. The van der Waals surface area contributed by atoms with E-state index < -0.39 is 0 Å². The molecule has 0 spiro atoms. The highest BCUT2D eigenvalue weighted by Crippen LogP contribution is 2.26. The van der Waals surface area contributed by atoms with Gasteiger partial charge in [0, 0.05) is 12.0 Å². The molecule has 0 fully saturated rings. The van der Waals surface area contributed by atoms with Crippen molar-refractivity contribution in [2.24, 2.45) is 0 Å². The highest BCUT2D eigenvalue weighted by molar-refractivity contribution is 5.71. The van der Waals surface area contributed by atoms with Crippen LogP contribution in [0.4, 0.5) is 0 Å². The summed E-state index contributed by atoms with van der Waals surface area (Å²) in [4.78, 5) is 0. The van der Waals surface area contributed by atoms with Crippen LogP contribution >= 0.6 is 0 Å². The molecule has 0 amide bonds. The maximum absolute atomic E-state index is 9.31. The number of ether oxygens (including phenoxy) is 1. The van der Waals surface area contributed by atoms with E-state index in [4.69, 9.17) is 4.74 Å². The second-order valence-corrected chi connectivity index (χ2v) is 8.98. The molecule has 0 saturated heterocycles. The largest absolute Gasteiger partial charge is 0.494 e. The van der Waals surface area contributed by atoms with Crippen molar-refractivity contribution >= 4 is 0 Å². The summed E-state index contributed by atoms with van der Waals surface area (Å²) in [6.07, 6.45) is 8.82. The first-order valence-corrected chi connectivity index (χ1v) is 12.8. The molecule has 0 aromatic heterocycles. The van der Waals surface area contributed by atoms with Crippen LogP contribution in [0.5, 0.6) is 5.75 Å². The first kappa shape index (κ1) is 25.6. The number of unbranched alkanes of at least 4 members (excludes halogenated alkanes) is 5. The first-order chi connectivity index (χ1) is 16.7. The molecule has 0 radical (unpaired) electrons. The standard InChI is InChI=1S/C32H38O2/c1-3-4-5-6-7-10-25-34-32-23-21-31(22-24-32)30-19-17-29(18-20-30)28-15-13-27(14-16-28)12-9-8-11-26(2)33/h13-24,26,33H,3-8,10-11,25H2,1-2H3. The Labute approximate surface area is 206 Å². The van der Waals surface area contributed by atoms with Gasteiger partial charge in [-0.05, 0) is 66.3 Å². The van der Waals surface area contributed by atoms with Gasteiger partial charge >= 0.3 is 0 Å². The lowest BCUT2D eigenvalue weighted by Crippen LogP contribution is -1.97. The molecule has 1 N–H and O–H groups in total. The van der Waals surface area contributed by atoms with Crippen molar-refractivity contribution in [3.63, 3.8) is 0 Å². The maximum Gasteiger partial charge on any atom is 0.119 e. The number of hydrogen-bond donors (Lipinski definition) is 1. The number of hydrogen-bond acceptors (Lipinski definition) is 2. The molecular weight excluding hydrogens is 416 g/mol. The fourth-order valence-electron chi connectivity index (χ4n) is 3.86. The zero-order valence-electron chi connectivity index (χ0n) is 20.7. The van der Waals surface area contributed by atoms with Gasteiger partial charge in [-0.2, -0.15) is 0 Å². The van der Waals surface area contributed by atoms with E-state index in [1.165, 1.54) is 54.4 Å². The monoisotopic (exact) mass is 454 g/mol. The summed E-state index contributed by atoms with van der Waals surface area (Å²) in [6, 6.07) is 25.4. The van der Waals surface area contributed by atoms with Gasteiger partial charge in [0.25, 0.3) is 0 Å². The van der Waals surface area contributed by atoms with Crippen molar-refractivity contribution in [1.29, 1.82) is 0 Å². The van der Waals surface area contributed by atoms with Crippen LogP contribution in [0, 0.1) is 11.8 Å². The number of rotatable bonds is 12. The summed E-state index contributed by atoms with van der Waals surface area (Å²) < 4.78 is 5.91. The van der Waals surface area contributed by atoms with Gasteiger partial charge in [-0.1, -0.05) is 99.4 Å². The average molecular weight is 455 g/mol. The molecule has 178 valence electrons. The van der Waals surface area contributed by atoms with Gasteiger partial charge < -0.3 is 9.84 Å². The molecule has 2 nitrogen and oxygen atoms in total. The molecule has 0 aliphatic carbocycles. The second-order valence-electron chi connectivity index (χ2n) is 8.98. The zero-order chi connectivity index (χ0) is 24.0. The third-order valence-electron chi connectivity index (χ3n) is 5.98. The van der Waals surface area contributed by atoms with Gasteiger partial charge in [0.1, 0.15) is 5.75 Å². The van der Waals surface area contributed by atoms with Gasteiger partial charge in [0.05, 0.1) is 12.7 Å². The number of aliphatic hydroxyl groups excluding tert-OH is 1. The van der Waals surface area contributed by atoms with E-state index >= 15 is 0 Å². The predicted molar refractivity (Wildman–Crippen MR) is 144 cm³/mol. The summed E-state index contributed by atoms with van der Waals surface area (Å²) in [7, 11) is 0. The Morgan fingerprint density at radius 1 is 0.706 bits per heavy atom. The Morgan fingerprint density at radius 3 is 1.76 bits per heavy atom. The minimum absolute atomic E-state index is 0.291. The highest BCUT2D eigenvalue weighted by atomic mass is 16.5. The van der Waals surface area contributed by atoms with Gasteiger partial charge in [0.15, 0.2) is 0 Å². The van der Waals surface area contributed by atoms with Crippen molar-refractivity contribution in [2.75, 3.05) is 6.61 Å². The summed E-state index contributed by atoms with van der Waals surface area (Å²) in [5.74, 6) is 7.24. The fraction of sp³-hybridized carbons (Fsp3) is 0.375. The molecule has 3 aromatic rings. The average Bonchev–Trinajstić information content (AvgIpc) is 2.87. The molecule has 3 aromatic carbocycles. The highest BCUT2D eigenvalue weighted by Gasteiger charge is 2.02. The third kappa shape index (κ3) is 8.73. The Bertz CT molecular complexity index is 1020. The van der Waals surface area contributed by atoms with E-state index in [1.807, 2.05) is 0 Å². The summed E-state index contributed by atoms with van der Waals surface area (Å²) in [5, 5.41) is 9.31. The lowest BCUT2D eigenvalue weighted by Gasteiger charge is -2.08. The first-order valence-electron chi connectivity index (χ1n) is 12.8. The van der Waals surface area contributed by atoms with Crippen LogP contribution in [0.15, 0.2) is 72.8 Å².